The minimum absolute atomic E-state index is 0.133. The van der Waals surface area contributed by atoms with E-state index in [1.807, 2.05) is 48.5 Å². The van der Waals surface area contributed by atoms with Gasteiger partial charge in [0.2, 0.25) is 5.91 Å². The molecule has 8 nitrogen and oxygen atoms in total. The van der Waals surface area contributed by atoms with Crippen LogP contribution >= 0.6 is 0 Å². The van der Waals surface area contributed by atoms with Crippen molar-refractivity contribution in [1.82, 2.24) is 5.32 Å². The van der Waals surface area contributed by atoms with Crippen LogP contribution in [0.1, 0.15) is 51.7 Å². The molecular formula is C27H36N2O6. The van der Waals surface area contributed by atoms with E-state index in [1.165, 1.54) is 0 Å². The Hall–Kier alpha value is -3.39. The Kier molecular flexibility index (Phi) is 10.7. The average Bonchev–Trinajstić information content (AvgIpc) is 2.77. The minimum Gasteiger partial charge on any atom is -0.466 e. The van der Waals surface area contributed by atoms with Gasteiger partial charge in [-0.1, -0.05) is 48.5 Å². The normalized spacial score (nSPS) is 12.0. The van der Waals surface area contributed by atoms with Gasteiger partial charge >= 0.3 is 12.1 Å². The molecule has 0 aliphatic carbocycles. The molecule has 35 heavy (non-hydrogen) atoms. The Morgan fingerprint density at radius 3 is 2.34 bits per heavy atom. The Morgan fingerprint density at radius 1 is 1.00 bits per heavy atom. The van der Waals surface area contributed by atoms with Crippen molar-refractivity contribution in [3.63, 3.8) is 0 Å². The number of hydrogen-bond acceptors (Lipinski definition) is 6. The highest BCUT2D eigenvalue weighted by Crippen LogP contribution is 2.22. The zero-order valence-corrected chi connectivity index (χ0v) is 21.0. The van der Waals surface area contributed by atoms with E-state index in [9.17, 15) is 14.4 Å². The second-order valence-corrected chi connectivity index (χ2v) is 9.24. The lowest BCUT2D eigenvalue weighted by atomic mass is 10.0. The summed E-state index contributed by atoms with van der Waals surface area (Å²) in [4.78, 5) is 35.0. The number of carbonyl (C=O) groups is 3. The number of primary amides is 1. The molecule has 0 radical (unpaired) electrons. The van der Waals surface area contributed by atoms with E-state index >= 15 is 0 Å². The molecule has 2 rings (SSSR count). The highest BCUT2D eigenvalue weighted by molar-refractivity contribution is 5.74. The van der Waals surface area contributed by atoms with Crippen molar-refractivity contribution in [2.45, 2.75) is 65.2 Å². The molecule has 0 saturated carbocycles. The maximum absolute atomic E-state index is 12.1. The number of nitrogens with one attached hydrogen (secondary N) is 1. The van der Waals surface area contributed by atoms with E-state index < -0.39 is 23.6 Å². The van der Waals surface area contributed by atoms with Crippen LogP contribution < -0.4 is 11.1 Å². The van der Waals surface area contributed by atoms with E-state index in [-0.39, 0.29) is 25.4 Å². The van der Waals surface area contributed by atoms with Gasteiger partial charge in [-0.2, -0.15) is 0 Å². The number of hydrogen-bond donors (Lipinski definition) is 2. The van der Waals surface area contributed by atoms with Gasteiger partial charge in [0.05, 0.1) is 32.3 Å². The SMILES string of the molecule is CCOC(=O)Cc1cccc(-c2ccc(COCC(CCC(N)=O)NC(=O)OC(C)(C)C)cc2)c1. The zero-order valence-electron chi connectivity index (χ0n) is 21.0. The lowest BCUT2D eigenvalue weighted by Crippen LogP contribution is -2.42. The number of rotatable bonds is 12. The standard InChI is InChI=1S/C27H36N2O6/c1-5-34-25(31)16-20-7-6-8-22(15-20)21-11-9-19(10-12-21)17-33-18-23(13-14-24(28)30)29-26(32)35-27(2,3)4/h6-12,15,23H,5,13-14,16-18H2,1-4H3,(H2,28,30)(H,29,32). The van der Waals surface area contributed by atoms with Crippen LogP contribution in [0.3, 0.4) is 0 Å². The Bertz CT molecular complexity index is 982. The maximum atomic E-state index is 12.1. The summed E-state index contributed by atoms with van der Waals surface area (Å²) in [7, 11) is 0. The van der Waals surface area contributed by atoms with Gasteiger partial charge in [0.25, 0.3) is 0 Å². The van der Waals surface area contributed by atoms with E-state index in [0.29, 0.717) is 19.6 Å². The Labute approximate surface area is 207 Å². The van der Waals surface area contributed by atoms with Crippen LogP contribution in [0.5, 0.6) is 0 Å². The number of carbonyl (C=O) groups excluding carboxylic acids is 3. The second-order valence-electron chi connectivity index (χ2n) is 9.24. The molecular weight excluding hydrogens is 448 g/mol. The maximum Gasteiger partial charge on any atom is 0.407 e. The van der Waals surface area contributed by atoms with Crippen molar-refractivity contribution in [2.75, 3.05) is 13.2 Å². The molecule has 2 amide bonds. The van der Waals surface area contributed by atoms with Crippen LogP contribution in [-0.2, 0) is 36.8 Å². The van der Waals surface area contributed by atoms with Crippen molar-refractivity contribution >= 4 is 18.0 Å². The molecule has 8 heteroatoms. The molecule has 2 aromatic carbocycles. The van der Waals surface area contributed by atoms with Gasteiger partial charge in [0.15, 0.2) is 0 Å². The van der Waals surface area contributed by atoms with Crippen molar-refractivity contribution in [3.05, 3.63) is 59.7 Å². The third-order valence-corrected chi connectivity index (χ3v) is 4.92. The molecule has 1 unspecified atom stereocenters. The summed E-state index contributed by atoms with van der Waals surface area (Å²) in [5, 5.41) is 2.75. The largest absolute Gasteiger partial charge is 0.466 e. The van der Waals surface area contributed by atoms with Crippen LogP contribution in [-0.4, -0.2) is 42.8 Å². The van der Waals surface area contributed by atoms with Crippen LogP contribution in [0.15, 0.2) is 48.5 Å². The Morgan fingerprint density at radius 2 is 1.71 bits per heavy atom. The summed E-state index contributed by atoms with van der Waals surface area (Å²) < 4.78 is 16.1. The molecule has 0 heterocycles. The molecule has 3 N–H and O–H groups in total. The van der Waals surface area contributed by atoms with Gasteiger partial charge in [-0.3, -0.25) is 9.59 Å². The molecule has 0 spiro atoms. The third-order valence-electron chi connectivity index (χ3n) is 4.92. The fraction of sp³-hybridized carbons (Fsp3) is 0.444. The van der Waals surface area contributed by atoms with E-state index in [1.54, 1.807) is 27.7 Å². The quantitative estimate of drug-likeness (QED) is 0.438. The fourth-order valence-electron chi connectivity index (χ4n) is 3.34. The molecule has 1 atom stereocenters. The first-order chi connectivity index (χ1) is 16.6. The molecule has 0 aliphatic heterocycles. The van der Waals surface area contributed by atoms with Crippen LogP contribution in [0.2, 0.25) is 0 Å². The van der Waals surface area contributed by atoms with Gasteiger partial charge in [0.1, 0.15) is 5.60 Å². The summed E-state index contributed by atoms with van der Waals surface area (Å²) in [5.74, 6) is -0.685. The first-order valence-electron chi connectivity index (χ1n) is 11.7. The number of esters is 1. The van der Waals surface area contributed by atoms with E-state index in [0.717, 1.165) is 22.3 Å². The molecule has 0 fully saturated rings. The molecule has 190 valence electrons. The van der Waals surface area contributed by atoms with Crippen LogP contribution in [0.4, 0.5) is 4.79 Å². The highest BCUT2D eigenvalue weighted by atomic mass is 16.6. The predicted octanol–water partition coefficient (Wildman–Crippen LogP) is 4.13. The number of alkyl carbamates (subject to hydrolysis) is 1. The smallest absolute Gasteiger partial charge is 0.407 e. The molecule has 0 aromatic heterocycles. The lowest BCUT2D eigenvalue weighted by Gasteiger charge is -2.23. The number of ether oxygens (including phenoxy) is 3. The molecule has 2 aromatic rings. The van der Waals surface area contributed by atoms with Gasteiger partial charge in [-0.05, 0) is 56.4 Å². The van der Waals surface area contributed by atoms with Gasteiger partial charge in [-0.25, -0.2) is 4.79 Å². The average molecular weight is 485 g/mol. The molecule has 0 aliphatic rings. The van der Waals surface area contributed by atoms with Gasteiger partial charge in [0, 0.05) is 6.42 Å². The topological polar surface area (TPSA) is 117 Å². The van der Waals surface area contributed by atoms with Crippen molar-refractivity contribution < 1.29 is 28.6 Å². The zero-order chi connectivity index (χ0) is 25.8. The van der Waals surface area contributed by atoms with Crippen LogP contribution in [0.25, 0.3) is 11.1 Å². The molecule has 0 bridgehead atoms. The summed E-state index contributed by atoms with van der Waals surface area (Å²) in [6, 6.07) is 15.3. The summed E-state index contributed by atoms with van der Waals surface area (Å²) in [6.45, 7) is 8.05. The third kappa shape index (κ3) is 11.1. The summed E-state index contributed by atoms with van der Waals surface area (Å²) >= 11 is 0. The van der Waals surface area contributed by atoms with Crippen LogP contribution in [0, 0.1) is 0 Å². The predicted molar refractivity (Wildman–Crippen MR) is 133 cm³/mol. The first kappa shape index (κ1) is 27.9. The summed E-state index contributed by atoms with van der Waals surface area (Å²) in [5.41, 5.74) is 8.51. The number of amides is 2. The summed E-state index contributed by atoms with van der Waals surface area (Å²) in [6.07, 6.45) is 0.163. The number of benzene rings is 2. The lowest BCUT2D eigenvalue weighted by molar-refractivity contribution is -0.142. The van der Waals surface area contributed by atoms with E-state index in [4.69, 9.17) is 19.9 Å². The minimum atomic E-state index is -0.626. The molecule has 0 saturated heterocycles. The number of nitrogens with two attached hydrogens (primary N) is 1. The van der Waals surface area contributed by atoms with Crippen molar-refractivity contribution in [2.24, 2.45) is 5.73 Å². The van der Waals surface area contributed by atoms with E-state index in [2.05, 4.69) is 5.32 Å². The first-order valence-corrected chi connectivity index (χ1v) is 11.7. The monoisotopic (exact) mass is 484 g/mol. The highest BCUT2D eigenvalue weighted by Gasteiger charge is 2.20. The van der Waals surface area contributed by atoms with Crippen molar-refractivity contribution in [3.8, 4) is 11.1 Å². The Balaban J connectivity index is 1.93. The van der Waals surface area contributed by atoms with Gasteiger partial charge < -0.3 is 25.3 Å². The fourth-order valence-corrected chi connectivity index (χ4v) is 3.34. The van der Waals surface area contributed by atoms with Crippen molar-refractivity contribution in [1.29, 1.82) is 0 Å². The second kappa shape index (κ2) is 13.5. The van der Waals surface area contributed by atoms with Gasteiger partial charge in [-0.15, -0.1) is 0 Å².